The van der Waals surface area contributed by atoms with E-state index in [0.717, 1.165) is 5.69 Å². The summed E-state index contributed by atoms with van der Waals surface area (Å²) in [4.78, 5) is 0. The van der Waals surface area contributed by atoms with Crippen molar-refractivity contribution in [2.24, 2.45) is 0 Å². The zero-order chi connectivity index (χ0) is 7.40. The van der Waals surface area contributed by atoms with Gasteiger partial charge in [-0.05, 0) is 6.92 Å². The highest BCUT2D eigenvalue weighted by Crippen LogP contribution is 2.00. The van der Waals surface area contributed by atoms with Crippen LogP contribution in [-0.2, 0) is 11.3 Å². The van der Waals surface area contributed by atoms with Crippen LogP contribution in [0.1, 0.15) is 12.6 Å². The lowest BCUT2D eigenvalue weighted by atomic mass is 10.4. The van der Waals surface area contributed by atoms with E-state index < -0.39 is 0 Å². The van der Waals surface area contributed by atoms with Gasteiger partial charge < -0.3 is 10.5 Å². The van der Waals surface area contributed by atoms with E-state index in [9.17, 15) is 0 Å². The minimum Gasteiger partial charge on any atom is -0.382 e. The molecule has 0 aliphatic carbocycles. The fourth-order valence-electron chi connectivity index (χ4n) is 0.665. The highest BCUT2D eigenvalue weighted by molar-refractivity contribution is 5.27. The molecular weight excluding hydrogens is 130 g/mol. The van der Waals surface area contributed by atoms with Crippen molar-refractivity contribution in [3.8, 4) is 0 Å². The van der Waals surface area contributed by atoms with E-state index in [1.807, 2.05) is 6.92 Å². The number of hydrogen-bond acceptors (Lipinski definition) is 3. The summed E-state index contributed by atoms with van der Waals surface area (Å²) in [5, 5.41) is 6.48. The molecule has 1 aromatic heterocycles. The zero-order valence-corrected chi connectivity index (χ0v) is 5.92. The lowest BCUT2D eigenvalue weighted by Crippen LogP contribution is -1.91. The Bertz CT molecular complexity index is 197. The average Bonchev–Trinajstić information content (AvgIpc) is 2.31. The molecule has 0 atom stereocenters. The van der Waals surface area contributed by atoms with Gasteiger partial charge in [-0.1, -0.05) is 0 Å². The molecule has 0 amide bonds. The van der Waals surface area contributed by atoms with Gasteiger partial charge in [-0.2, -0.15) is 5.10 Å². The number of nitrogens with one attached hydrogen (secondary N) is 1. The van der Waals surface area contributed by atoms with E-state index in [0.29, 0.717) is 19.0 Å². The first kappa shape index (κ1) is 7.08. The third-order valence-corrected chi connectivity index (χ3v) is 1.11. The summed E-state index contributed by atoms with van der Waals surface area (Å²) >= 11 is 0. The molecule has 0 saturated carbocycles. The predicted octanol–water partition coefficient (Wildman–Crippen LogP) is 0.528. The van der Waals surface area contributed by atoms with Crippen molar-refractivity contribution in [3.63, 3.8) is 0 Å². The maximum Gasteiger partial charge on any atom is 0.145 e. The zero-order valence-electron chi connectivity index (χ0n) is 5.92. The number of hydrogen-bond donors (Lipinski definition) is 2. The quantitative estimate of drug-likeness (QED) is 0.645. The van der Waals surface area contributed by atoms with Crippen molar-refractivity contribution in [1.82, 2.24) is 10.2 Å². The number of anilines is 1. The van der Waals surface area contributed by atoms with Crippen LogP contribution >= 0.6 is 0 Å². The molecule has 4 heteroatoms. The van der Waals surface area contributed by atoms with E-state index in [1.165, 1.54) is 0 Å². The van der Waals surface area contributed by atoms with Crippen LogP contribution in [-0.4, -0.2) is 16.8 Å². The van der Waals surface area contributed by atoms with Crippen molar-refractivity contribution in [1.29, 1.82) is 0 Å². The largest absolute Gasteiger partial charge is 0.382 e. The third kappa shape index (κ3) is 1.73. The summed E-state index contributed by atoms with van der Waals surface area (Å²) in [6.07, 6.45) is 0. The molecule has 10 heavy (non-hydrogen) atoms. The SMILES string of the molecule is CCOCc1cc(N)n[nH]1. The van der Waals surface area contributed by atoms with Crippen LogP contribution < -0.4 is 5.73 Å². The van der Waals surface area contributed by atoms with Crippen LogP contribution in [0.2, 0.25) is 0 Å². The monoisotopic (exact) mass is 141 g/mol. The predicted molar refractivity (Wildman–Crippen MR) is 38.3 cm³/mol. The van der Waals surface area contributed by atoms with Crippen molar-refractivity contribution in [2.75, 3.05) is 12.3 Å². The van der Waals surface area contributed by atoms with Gasteiger partial charge in [0, 0.05) is 12.7 Å². The van der Waals surface area contributed by atoms with Crippen LogP contribution in [0.5, 0.6) is 0 Å². The topological polar surface area (TPSA) is 63.9 Å². The van der Waals surface area contributed by atoms with Crippen molar-refractivity contribution >= 4 is 5.82 Å². The minimum absolute atomic E-state index is 0.509. The van der Waals surface area contributed by atoms with Gasteiger partial charge in [0.2, 0.25) is 0 Å². The van der Waals surface area contributed by atoms with Gasteiger partial charge in [-0.25, -0.2) is 0 Å². The maximum atomic E-state index is 5.35. The lowest BCUT2D eigenvalue weighted by Gasteiger charge is -1.94. The summed E-state index contributed by atoms with van der Waals surface area (Å²) in [5.74, 6) is 0.509. The second kappa shape index (κ2) is 3.22. The van der Waals surface area contributed by atoms with E-state index >= 15 is 0 Å². The first-order valence-electron chi connectivity index (χ1n) is 3.20. The summed E-state index contributed by atoms with van der Waals surface area (Å²) in [6, 6.07) is 1.76. The lowest BCUT2D eigenvalue weighted by molar-refractivity contribution is 0.131. The van der Waals surface area contributed by atoms with Crippen molar-refractivity contribution in [3.05, 3.63) is 11.8 Å². The molecule has 0 bridgehead atoms. The van der Waals surface area contributed by atoms with Crippen molar-refractivity contribution < 1.29 is 4.74 Å². The molecule has 3 N–H and O–H groups in total. The Kier molecular flexibility index (Phi) is 2.28. The highest BCUT2D eigenvalue weighted by atomic mass is 16.5. The van der Waals surface area contributed by atoms with Crippen LogP contribution in [0, 0.1) is 0 Å². The normalized spacial score (nSPS) is 10.1. The Morgan fingerprint density at radius 3 is 3.10 bits per heavy atom. The molecule has 0 fully saturated rings. The molecule has 1 aromatic rings. The Morgan fingerprint density at radius 2 is 2.60 bits per heavy atom. The molecule has 1 rings (SSSR count). The third-order valence-electron chi connectivity index (χ3n) is 1.11. The van der Waals surface area contributed by atoms with E-state index in [2.05, 4.69) is 10.2 Å². The fourth-order valence-corrected chi connectivity index (χ4v) is 0.665. The minimum atomic E-state index is 0.509. The summed E-state index contributed by atoms with van der Waals surface area (Å²) in [5.41, 5.74) is 6.27. The molecule has 0 saturated heterocycles. The molecule has 1 heterocycles. The molecule has 0 spiro atoms. The maximum absolute atomic E-state index is 5.35. The molecule has 0 aromatic carbocycles. The van der Waals surface area contributed by atoms with Gasteiger partial charge in [0.15, 0.2) is 0 Å². The number of aromatic nitrogens is 2. The molecule has 56 valence electrons. The number of aromatic amines is 1. The Balaban J connectivity index is 2.42. The molecule has 0 radical (unpaired) electrons. The molecule has 0 aliphatic rings. The second-order valence-electron chi connectivity index (χ2n) is 1.96. The standard InChI is InChI=1S/C6H11N3O/c1-2-10-4-5-3-6(7)9-8-5/h3H,2,4H2,1H3,(H3,7,8,9). The highest BCUT2D eigenvalue weighted by Gasteiger charge is 1.94. The van der Waals surface area contributed by atoms with Crippen LogP contribution in [0.3, 0.4) is 0 Å². The summed E-state index contributed by atoms with van der Waals surface area (Å²) in [6.45, 7) is 3.21. The van der Waals surface area contributed by atoms with Gasteiger partial charge in [0.25, 0.3) is 0 Å². The van der Waals surface area contributed by atoms with E-state index in [-0.39, 0.29) is 0 Å². The van der Waals surface area contributed by atoms with Crippen LogP contribution in [0.4, 0.5) is 5.82 Å². The summed E-state index contributed by atoms with van der Waals surface area (Å²) < 4.78 is 5.11. The molecule has 0 aliphatic heterocycles. The number of nitrogen functional groups attached to an aromatic ring is 1. The number of ether oxygens (including phenoxy) is 1. The van der Waals surface area contributed by atoms with E-state index in [1.54, 1.807) is 6.07 Å². The Labute approximate surface area is 59.4 Å². The van der Waals surface area contributed by atoms with E-state index in [4.69, 9.17) is 10.5 Å². The van der Waals surface area contributed by atoms with Gasteiger partial charge >= 0.3 is 0 Å². The molecule has 4 nitrogen and oxygen atoms in total. The Morgan fingerprint density at radius 1 is 1.80 bits per heavy atom. The average molecular weight is 141 g/mol. The number of nitrogens with zero attached hydrogens (tertiary/aromatic N) is 1. The van der Waals surface area contributed by atoms with Crippen LogP contribution in [0.25, 0.3) is 0 Å². The van der Waals surface area contributed by atoms with Gasteiger partial charge in [0.1, 0.15) is 5.82 Å². The van der Waals surface area contributed by atoms with Crippen molar-refractivity contribution in [2.45, 2.75) is 13.5 Å². The van der Waals surface area contributed by atoms with Gasteiger partial charge in [-0.15, -0.1) is 0 Å². The van der Waals surface area contributed by atoms with Crippen LogP contribution in [0.15, 0.2) is 6.07 Å². The first-order valence-corrected chi connectivity index (χ1v) is 3.20. The number of nitrogens with two attached hydrogens (primary N) is 1. The fraction of sp³-hybridized carbons (Fsp3) is 0.500. The molecule has 0 unspecified atom stereocenters. The van der Waals surface area contributed by atoms with Gasteiger partial charge in [-0.3, -0.25) is 5.10 Å². The van der Waals surface area contributed by atoms with Gasteiger partial charge in [0.05, 0.1) is 12.3 Å². The second-order valence-corrected chi connectivity index (χ2v) is 1.96. The number of rotatable bonds is 3. The Hall–Kier alpha value is -1.03. The molecular formula is C6H11N3O. The first-order chi connectivity index (χ1) is 4.83. The number of H-pyrrole nitrogens is 1. The summed E-state index contributed by atoms with van der Waals surface area (Å²) in [7, 11) is 0. The smallest absolute Gasteiger partial charge is 0.145 e.